The van der Waals surface area contributed by atoms with Crippen LogP contribution in [-0.2, 0) is 0 Å². The quantitative estimate of drug-likeness (QED) is 0.669. The van der Waals surface area contributed by atoms with Crippen LogP contribution < -0.4 is 10.6 Å². The zero-order chi connectivity index (χ0) is 10.9. The molecule has 1 aromatic carbocycles. The lowest BCUT2D eigenvalue weighted by Crippen LogP contribution is -2.29. The molecule has 0 amide bonds. The first-order valence-electron chi connectivity index (χ1n) is 5.87. The van der Waals surface area contributed by atoms with Gasteiger partial charge < -0.3 is 10.6 Å². The van der Waals surface area contributed by atoms with Crippen molar-refractivity contribution in [2.24, 2.45) is 0 Å². The SMILES string of the molecule is CCNCCNC(CC)c1ccccc1. The molecule has 1 atom stereocenters. The van der Waals surface area contributed by atoms with Crippen molar-refractivity contribution in [2.45, 2.75) is 26.3 Å². The number of likely N-dealkylation sites (N-methyl/N-ethyl adjacent to an activating group) is 1. The Labute approximate surface area is 93.1 Å². The second kappa shape index (κ2) is 7.43. The lowest BCUT2D eigenvalue weighted by molar-refractivity contribution is 0.508. The summed E-state index contributed by atoms with van der Waals surface area (Å²) in [4.78, 5) is 0. The third-order valence-electron chi connectivity index (χ3n) is 2.55. The van der Waals surface area contributed by atoms with E-state index >= 15 is 0 Å². The molecule has 0 saturated heterocycles. The van der Waals surface area contributed by atoms with E-state index in [-0.39, 0.29) is 0 Å². The molecule has 2 heteroatoms. The maximum atomic E-state index is 3.56. The van der Waals surface area contributed by atoms with Crippen LogP contribution in [0, 0.1) is 0 Å². The first-order chi connectivity index (χ1) is 7.38. The highest BCUT2D eigenvalue weighted by Gasteiger charge is 2.06. The standard InChI is InChI=1S/C13H22N2/c1-3-13(15-11-10-14-4-2)12-8-6-5-7-9-12/h5-9,13-15H,3-4,10-11H2,1-2H3. The largest absolute Gasteiger partial charge is 0.316 e. The number of nitrogens with one attached hydrogen (secondary N) is 2. The van der Waals surface area contributed by atoms with Crippen molar-refractivity contribution in [3.8, 4) is 0 Å². The third-order valence-corrected chi connectivity index (χ3v) is 2.55. The molecule has 0 aliphatic rings. The Hall–Kier alpha value is -0.860. The van der Waals surface area contributed by atoms with Gasteiger partial charge in [0.2, 0.25) is 0 Å². The van der Waals surface area contributed by atoms with E-state index in [1.54, 1.807) is 0 Å². The molecular weight excluding hydrogens is 184 g/mol. The van der Waals surface area contributed by atoms with Crippen LogP contribution >= 0.6 is 0 Å². The van der Waals surface area contributed by atoms with Crippen LogP contribution in [0.25, 0.3) is 0 Å². The van der Waals surface area contributed by atoms with Crippen molar-refractivity contribution < 1.29 is 0 Å². The molecule has 2 N–H and O–H groups in total. The molecule has 15 heavy (non-hydrogen) atoms. The summed E-state index contributed by atoms with van der Waals surface area (Å²) in [7, 11) is 0. The summed E-state index contributed by atoms with van der Waals surface area (Å²) < 4.78 is 0. The predicted octanol–water partition coefficient (Wildman–Crippen LogP) is 2.34. The Kier molecular flexibility index (Phi) is 6.05. The number of rotatable bonds is 7. The van der Waals surface area contributed by atoms with E-state index in [1.807, 2.05) is 0 Å². The normalized spacial score (nSPS) is 12.7. The van der Waals surface area contributed by atoms with Crippen LogP contribution in [0.2, 0.25) is 0 Å². The summed E-state index contributed by atoms with van der Waals surface area (Å²) in [6.45, 7) is 7.47. The Morgan fingerprint density at radius 2 is 1.80 bits per heavy atom. The second-order valence-electron chi connectivity index (χ2n) is 3.68. The maximum Gasteiger partial charge on any atom is 0.0318 e. The summed E-state index contributed by atoms with van der Waals surface area (Å²) in [5.41, 5.74) is 1.39. The van der Waals surface area contributed by atoms with Crippen molar-refractivity contribution in [2.75, 3.05) is 19.6 Å². The van der Waals surface area contributed by atoms with Gasteiger partial charge in [0.05, 0.1) is 0 Å². The molecule has 1 unspecified atom stereocenters. The molecule has 2 nitrogen and oxygen atoms in total. The zero-order valence-electron chi connectivity index (χ0n) is 9.79. The molecule has 0 spiro atoms. The van der Waals surface area contributed by atoms with Crippen LogP contribution in [0.1, 0.15) is 31.9 Å². The molecule has 0 aliphatic heterocycles. The van der Waals surface area contributed by atoms with Crippen molar-refractivity contribution >= 4 is 0 Å². The van der Waals surface area contributed by atoms with Gasteiger partial charge in [0.1, 0.15) is 0 Å². The monoisotopic (exact) mass is 206 g/mol. The van der Waals surface area contributed by atoms with Crippen molar-refractivity contribution in [1.29, 1.82) is 0 Å². The molecular formula is C13H22N2. The minimum atomic E-state index is 0.491. The summed E-state index contributed by atoms with van der Waals surface area (Å²) in [5, 5.41) is 6.87. The molecule has 0 heterocycles. The number of benzene rings is 1. The molecule has 0 bridgehead atoms. The topological polar surface area (TPSA) is 24.1 Å². The Balaban J connectivity index is 2.36. The Bertz CT molecular complexity index is 246. The van der Waals surface area contributed by atoms with Crippen LogP contribution in [0.3, 0.4) is 0 Å². The molecule has 84 valence electrons. The fourth-order valence-corrected chi connectivity index (χ4v) is 1.69. The molecule has 0 saturated carbocycles. The maximum absolute atomic E-state index is 3.56. The summed E-state index contributed by atoms with van der Waals surface area (Å²) in [6.07, 6.45) is 1.14. The van der Waals surface area contributed by atoms with Crippen molar-refractivity contribution in [3.05, 3.63) is 35.9 Å². The minimum Gasteiger partial charge on any atom is -0.316 e. The summed E-state index contributed by atoms with van der Waals surface area (Å²) in [5.74, 6) is 0. The van der Waals surface area contributed by atoms with Crippen LogP contribution in [-0.4, -0.2) is 19.6 Å². The van der Waals surface area contributed by atoms with Gasteiger partial charge in [-0.05, 0) is 18.5 Å². The highest BCUT2D eigenvalue weighted by atomic mass is 15.0. The molecule has 0 fully saturated rings. The lowest BCUT2D eigenvalue weighted by atomic mass is 10.0. The van der Waals surface area contributed by atoms with Gasteiger partial charge in [0.25, 0.3) is 0 Å². The molecule has 0 aromatic heterocycles. The van der Waals surface area contributed by atoms with Crippen LogP contribution in [0.15, 0.2) is 30.3 Å². The van der Waals surface area contributed by atoms with Crippen molar-refractivity contribution in [3.63, 3.8) is 0 Å². The van der Waals surface area contributed by atoms with E-state index in [2.05, 4.69) is 54.8 Å². The van der Waals surface area contributed by atoms with Gasteiger partial charge in [-0.1, -0.05) is 44.2 Å². The fourth-order valence-electron chi connectivity index (χ4n) is 1.69. The second-order valence-corrected chi connectivity index (χ2v) is 3.68. The van der Waals surface area contributed by atoms with Gasteiger partial charge in [-0.15, -0.1) is 0 Å². The van der Waals surface area contributed by atoms with Gasteiger partial charge >= 0.3 is 0 Å². The first kappa shape index (κ1) is 12.2. The summed E-state index contributed by atoms with van der Waals surface area (Å²) >= 11 is 0. The average molecular weight is 206 g/mol. The number of hydrogen-bond donors (Lipinski definition) is 2. The van der Waals surface area contributed by atoms with Crippen molar-refractivity contribution in [1.82, 2.24) is 10.6 Å². The molecule has 1 rings (SSSR count). The smallest absolute Gasteiger partial charge is 0.0318 e. The molecule has 0 radical (unpaired) electrons. The Morgan fingerprint density at radius 3 is 2.40 bits per heavy atom. The van der Waals surface area contributed by atoms with E-state index in [0.717, 1.165) is 26.1 Å². The number of hydrogen-bond acceptors (Lipinski definition) is 2. The first-order valence-corrected chi connectivity index (χ1v) is 5.87. The average Bonchev–Trinajstić information content (AvgIpc) is 2.30. The van der Waals surface area contributed by atoms with Gasteiger partial charge in [0, 0.05) is 19.1 Å². The van der Waals surface area contributed by atoms with E-state index < -0.39 is 0 Å². The van der Waals surface area contributed by atoms with Gasteiger partial charge in [0.15, 0.2) is 0 Å². The highest BCUT2D eigenvalue weighted by Crippen LogP contribution is 2.14. The predicted molar refractivity (Wildman–Crippen MR) is 66.0 cm³/mol. The summed E-state index contributed by atoms with van der Waals surface area (Å²) in [6, 6.07) is 11.1. The van der Waals surface area contributed by atoms with Gasteiger partial charge in [-0.25, -0.2) is 0 Å². The van der Waals surface area contributed by atoms with Crippen LogP contribution in [0.4, 0.5) is 0 Å². The van der Waals surface area contributed by atoms with E-state index in [4.69, 9.17) is 0 Å². The van der Waals surface area contributed by atoms with E-state index in [9.17, 15) is 0 Å². The Morgan fingerprint density at radius 1 is 1.07 bits per heavy atom. The molecule has 0 aliphatic carbocycles. The minimum absolute atomic E-state index is 0.491. The lowest BCUT2D eigenvalue weighted by Gasteiger charge is -2.17. The van der Waals surface area contributed by atoms with Gasteiger partial charge in [-0.2, -0.15) is 0 Å². The van der Waals surface area contributed by atoms with Crippen LogP contribution in [0.5, 0.6) is 0 Å². The highest BCUT2D eigenvalue weighted by molar-refractivity contribution is 5.18. The van der Waals surface area contributed by atoms with E-state index in [0.29, 0.717) is 6.04 Å². The third kappa shape index (κ3) is 4.45. The fraction of sp³-hybridized carbons (Fsp3) is 0.538. The van der Waals surface area contributed by atoms with E-state index in [1.165, 1.54) is 5.56 Å². The zero-order valence-corrected chi connectivity index (χ0v) is 9.79. The molecule has 1 aromatic rings. The van der Waals surface area contributed by atoms with Gasteiger partial charge in [-0.3, -0.25) is 0 Å².